The van der Waals surface area contributed by atoms with Crippen LogP contribution in [0.1, 0.15) is 96.3 Å². The van der Waals surface area contributed by atoms with Crippen molar-refractivity contribution in [3.05, 3.63) is 25.3 Å². The molecule has 0 aromatic carbocycles. The molecular weight excluding hydrogens is 444 g/mol. The van der Waals surface area contributed by atoms with Crippen molar-refractivity contribution in [1.82, 2.24) is 10.6 Å². The second-order valence-corrected chi connectivity index (χ2v) is 10.4. The molecule has 2 aliphatic carbocycles. The van der Waals surface area contributed by atoms with E-state index in [1.807, 2.05) is 0 Å². The van der Waals surface area contributed by atoms with E-state index in [-0.39, 0.29) is 43.5 Å². The summed E-state index contributed by atoms with van der Waals surface area (Å²) >= 11 is 0. The zero-order valence-electron chi connectivity index (χ0n) is 21.4. The third kappa shape index (κ3) is 10.6. The fraction of sp³-hybridized carbons (Fsp3) is 0.750. The Balaban J connectivity index is 1.96. The molecule has 0 bridgehead atoms. The number of amides is 2. The number of unbranched alkanes of at least 4 members (excludes halogenated alkanes) is 1. The number of carbonyl (C=O) groups is 3. The zero-order chi connectivity index (χ0) is 25.5. The van der Waals surface area contributed by atoms with Crippen LogP contribution in [0.25, 0.3) is 0 Å². The van der Waals surface area contributed by atoms with E-state index < -0.39 is 11.5 Å². The lowest BCUT2D eigenvalue weighted by molar-refractivity contribution is -0.145. The number of hydrogen-bond acceptors (Lipinski definition) is 5. The van der Waals surface area contributed by atoms with Crippen LogP contribution in [0.15, 0.2) is 25.3 Å². The van der Waals surface area contributed by atoms with E-state index in [0.717, 1.165) is 51.4 Å². The maximum Gasteiger partial charge on any atom is 0.305 e. The molecule has 2 atom stereocenters. The second-order valence-electron chi connectivity index (χ2n) is 10.4. The van der Waals surface area contributed by atoms with Gasteiger partial charge in [-0.3, -0.25) is 14.4 Å². The smallest absolute Gasteiger partial charge is 0.305 e. The molecular formula is C28H46N2O5. The molecule has 0 aromatic heterocycles. The van der Waals surface area contributed by atoms with Gasteiger partial charge in [0.1, 0.15) is 6.61 Å². The normalized spacial score (nSPS) is 19.3. The van der Waals surface area contributed by atoms with Crippen LogP contribution < -0.4 is 10.6 Å². The lowest BCUT2D eigenvalue weighted by Gasteiger charge is -2.30. The first-order valence-corrected chi connectivity index (χ1v) is 13.5. The molecule has 2 amide bonds. The fourth-order valence-electron chi connectivity index (χ4n) is 5.40. The van der Waals surface area contributed by atoms with Crippen LogP contribution in [0.2, 0.25) is 0 Å². The van der Waals surface area contributed by atoms with Crippen molar-refractivity contribution in [2.45, 2.75) is 108 Å². The molecule has 198 valence electrons. The minimum absolute atomic E-state index is 0.0388. The Bertz CT molecular complexity index is 695. The van der Waals surface area contributed by atoms with Gasteiger partial charge in [0, 0.05) is 12.8 Å². The largest absolute Gasteiger partial charge is 0.463 e. The number of aliphatic hydroxyl groups is 1. The second kappa shape index (κ2) is 15.8. The van der Waals surface area contributed by atoms with Gasteiger partial charge in [-0.15, -0.1) is 13.2 Å². The van der Waals surface area contributed by atoms with Gasteiger partial charge in [0.05, 0.1) is 24.1 Å². The number of rotatable bonds is 16. The van der Waals surface area contributed by atoms with Gasteiger partial charge in [0.15, 0.2) is 0 Å². The van der Waals surface area contributed by atoms with Gasteiger partial charge < -0.3 is 20.5 Å². The predicted molar refractivity (Wildman–Crippen MR) is 137 cm³/mol. The Labute approximate surface area is 211 Å². The molecule has 7 nitrogen and oxygen atoms in total. The van der Waals surface area contributed by atoms with Crippen LogP contribution in [-0.4, -0.2) is 47.7 Å². The summed E-state index contributed by atoms with van der Waals surface area (Å²) in [6.07, 6.45) is 15.8. The molecule has 2 aliphatic rings. The van der Waals surface area contributed by atoms with Gasteiger partial charge in [0.25, 0.3) is 0 Å². The van der Waals surface area contributed by atoms with E-state index >= 15 is 0 Å². The summed E-state index contributed by atoms with van der Waals surface area (Å²) in [5.74, 6) is -0.751. The number of ether oxygens (including phenoxy) is 1. The highest BCUT2D eigenvalue weighted by Crippen LogP contribution is 2.30. The summed E-state index contributed by atoms with van der Waals surface area (Å²) < 4.78 is 5.52. The van der Waals surface area contributed by atoms with Gasteiger partial charge in [-0.2, -0.15) is 0 Å². The summed E-state index contributed by atoms with van der Waals surface area (Å²) in [4.78, 5) is 38.2. The summed E-state index contributed by atoms with van der Waals surface area (Å²) in [5, 5.41) is 15.9. The Morgan fingerprint density at radius 3 is 2.40 bits per heavy atom. The summed E-state index contributed by atoms with van der Waals surface area (Å²) in [6, 6.07) is -0.275. The molecule has 35 heavy (non-hydrogen) atoms. The summed E-state index contributed by atoms with van der Waals surface area (Å²) in [6.45, 7) is 7.50. The van der Waals surface area contributed by atoms with E-state index in [4.69, 9.17) is 4.74 Å². The van der Waals surface area contributed by atoms with Crippen LogP contribution in [-0.2, 0) is 19.1 Å². The first kappa shape index (κ1) is 29.1. The van der Waals surface area contributed by atoms with E-state index in [2.05, 4.69) is 23.8 Å². The average Bonchev–Trinajstić information content (AvgIpc) is 3.31. The molecule has 0 unspecified atom stereocenters. The number of esters is 1. The molecule has 0 spiro atoms. The molecule has 7 heteroatoms. The maximum absolute atomic E-state index is 13.2. The Hall–Kier alpha value is -2.15. The van der Waals surface area contributed by atoms with Crippen LogP contribution in [0.4, 0.5) is 0 Å². The molecule has 0 radical (unpaired) electrons. The highest BCUT2D eigenvalue weighted by molar-refractivity contribution is 5.86. The third-order valence-electron chi connectivity index (χ3n) is 7.45. The van der Waals surface area contributed by atoms with Crippen molar-refractivity contribution in [3.8, 4) is 0 Å². The summed E-state index contributed by atoms with van der Waals surface area (Å²) in [5.41, 5.74) is -0.560. The molecule has 0 aliphatic heterocycles. The Morgan fingerprint density at radius 2 is 1.77 bits per heavy atom. The number of carbonyl (C=O) groups excluding carboxylic acids is 3. The van der Waals surface area contributed by atoms with Crippen molar-refractivity contribution in [1.29, 1.82) is 0 Å². The highest BCUT2D eigenvalue weighted by Gasteiger charge is 2.35. The topological polar surface area (TPSA) is 105 Å². The molecule has 2 saturated carbocycles. The Kier molecular flexibility index (Phi) is 13.1. The molecule has 0 aromatic rings. The van der Waals surface area contributed by atoms with Crippen LogP contribution in [0.3, 0.4) is 0 Å². The minimum atomic E-state index is -0.560. The molecule has 0 heterocycles. The van der Waals surface area contributed by atoms with E-state index in [1.165, 1.54) is 19.3 Å². The molecule has 0 saturated heterocycles. The van der Waals surface area contributed by atoms with Gasteiger partial charge in [-0.25, -0.2) is 0 Å². The SMILES string of the molecule is C=CCCCC(=O)OC[C@H](CC1CCCCC1)NC(=O)[C@H](CC=C)CC(=O)NC1(CO)CCCC1. The molecule has 3 N–H and O–H groups in total. The average molecular weight is 491 g/mol. The first-order valence-electron chi connectivity index (χ1n) is 13.5. The lowest BCUT2D eigenvalue weighted by Crippen LogP contribution is -2.50. The van der Waals surface area contributed by atoms with Crippen molar-refractivity contribution < 1.29 is 24.2 Å². The minimum Gasteiger partial charge on any atom is -0.463 e. The van der Waals surface area contributed by atoms with Gasteiger partial charge in [0.2, 0.25) is 11.8 Å². The number of nitrogens with one attached hydrogen (secondary N) is 2. The quantitative estimate of drug-likeness (QED) is 0.170. The fourth-order valence-corrected chi connectivity index (χ4v) is 5.40. The predicted octanol–water partition coefficient (Wildman–Crippen LogP) is 4.34. The van der Waals surface area contributed by atoms with Crippen molar-refractivity contribution in [2.24, 2.45) is 11.8 Å². The number of hydrogen-bond donors (Lipinski definition) is 3. The van der Waals surface area contributed by atoms with Gasteiger partial charge in [-0.1, -0.05) is 57.1 Å². The van der Waals surface area contributed by atoms with Gasteiger partial charge >= 0.3 is 5.97 Å². The van der Waals surface area contributed by atoms with Crippen molar-refractivity contribution in [3.63, 3.8) is 0 Å². The standard InChI is InChI=1S/C28H46N2O5/c1-3-5-7-15-26(33)35-20-24(18-22-13-8-6-9-14-22)29-27(34)23(12-4-2)19-25(32)30-28(21-31)16-10-11-17-28/h3-4,22-24,31H,1-2,5-21H2,(H,29,34)(H,30,32)/t23-,24+/m1/s1. The van der Waals surface area contributed by atoms with Crippen LogP contribution in [0, 0.1) is 11.8 Å². The Morgan fingerprint density at radius 1 is 1.06 bits per heavy atom. The van der Waals surface area contributed by atoms with Crippen molar-refractivity contribution in [2.75, 3.05) is 13.2 Å². The first-order chi connectivity index (χ1) is 16.9. The van der Waals surface area contributed by atoms with E-state index in [0.29, 0.717) is 25.2 Å². The van der Waals surface area contributed by atoms with Crippen LogP contribution >= 0.6 is 0 Å². The highest BCUT2D eigenvalue weighted by atomic mass is 16.5. The number of allylic oxidation sites excluding steroid dienone is 2. The van der Waals surface area contributed by atoms with E-state index in [9.17, 15) is 19.5 Å². The van der Waals surface area contributed by atoms with Crippen molar-refractivity contribution >= 4 is 17.8 Å². The van der Waals surface area contributed by atoms with Gasteiger partial charge in [-0.05, 0) is 44.4 Å². The third-order valence-corrected chi connectivity index (χ3v) is 7.45. The molecule has 2 rings (SSSR count). The number of aliphatic hydroxyl groups excluding tert-OH is 1. The lowest BCUT2D eigenvalue weighted by atomic mass is 9.84. The molecule has 2 fully saturated rings. The zero-order valence-corrected chi connectivity index (χ0v) is 21.4. The van der Waals surface area contributed by atoms with E-state index in [1.54, 1.807) is 12.2 Å². The monoisotopic (exact) mass is 490 g/mol. The summed E-state index contributed by atoms with van der Waals surface area (Å²) in [7, 11) is 0. The van der Waals surface area contributed by atoms with Crippen LogP contribution in [0.5, 0.6) is 0 Å². The maximum atomic E-state index is 13.2.